The van der Waals surface area contributed by atoms with E-state index in [1.165, 1.54) is 12.1 Å². The number of nitrogens with one attached hydrogen (secondary N) is 1. The van der Waals surface area contributed by atoms with E-state index in [9.17, 15) is 4.39 Å². The molecule has 2 aromatic heterocycles. The average molecular weight is 348 g/mol. The Morgan fingerprint density at radius 3 is 2.50 bits per heavy atom. The van der Waals surface area contributed by atoms with Crippen molar-refractivity contribution < 1.29 is 4.39 Å². The lowest BCUT2D eigenvalue weighted by Gasteiger charge is -2.08. The summed E-state index contributed by atoms with van der Waals surface area (Å²) in [6.07, 6.45) is 1.67. The van der Waals surface area contributed by atoms with Gasteiger partial charge in [-0.25, -0.2) is 9.37 Å². The van der Waals surface area contributed by atoms with E-state index in [0.717, 1.165) is 11.1 Å². The second-order valence-electron chi connectivity index (χ2n) is 5.94. The summed E-state index contributed by atoms with van der Waals surface area (Å²) in [4.78, 5) is 13.1. The highest BCUT2D eigenvalue weighted by Crippen LogP contribution is 2.19. The topological polar surface area (TPSA) is 81.7 Å². The summed E-state index contributed by atoms with van der Waals surface area (Å²) in [6, 6.07) is 16.3. The van der Waals surface area contributed by atoms with Crippen LogP contribution in [0.3, 0.4) is 0 Å². The fourth-order valence-corrected chi connectivity index (χ4v) is 2.72. The predicted molar refractivity (Wildman–Crippen MR) is 99.0 cm³/mol. The van der Waals surface area contributed by atoms with Crippen LogP contribution in [0.2, 0.25) is 0 Å². The highest BCUT2D eigenvalue weighted by molar-refractivity contribution is 5.82. The Kier molecular flexibility index (Phi) is 4.18. The number of nitrogen functional groups attached to an aromatic ring is 1. The van der Waals surface area contributed by atoms with Crippen molar-refractivity contribution in [2.24, 2.45) is 0 Å². The first kappa shape index (κ1) is 16.0. The minimum absolute atomic E-state index is 0.261. The van der Waals surface area contributed by atoms with Crippen LogP contribution in [-0.2, 0) is 13.1 Å². The Morgan fingerprint density at radius 2 is 1.73 bits per heavy atom. The standard InChI is InChI=1S/C19H17FN6/c20-15-8-6-14(7-9-15)11-26-12-23-16-17(21)24-19(25-18(16)26)22-10-13-4-2-1-3-5-13/h1-9,12H,10-11H2,(H3,21,22,24,25). The highest BCUT2D eigenvalue weighted by Gasteiger charge is 2.11. The molecule has 0 aliphatic carbocycles. The molecule has 4 aromatic rings. The third-order valence-corrected chi connectivity index (χ3v) is 4.05. The highest BCUT2D eigenvalue weighted by atomic mass is 19.1. The van der Waals surface area contributed by atoms with Gasteiger partial charge in [-0.2, -0.15) is 9.97 Å². The number of fused-ring (bicyclic) bond motifs is 1. The van der Waals surface area contributed by atoms with Gasteiger partial charge in [0.15, 0.2) is 11.5 Å². The van der Waals surface area contributed by atoms with Crippen LogP contribution in [0.25, 0.3) is 11.2 Å². The summed E-state index contributed by atoms with van der Waals surface area (Å²) >= 11 is 0. The Balaban J connectivity index is 1.61. The van der Waals surface area contributed by atoms with Gasteiger partial charge in [0.05, 0.1) is 12.9 Å². The monoisotopic (exact) mass is 348 g/mol. The molecule has 3 N–H and O–H groups in total. The molecule has 0 saturated carbocycles. The van der Waals surface area contributed by atoms with E-state index in [1.54, 1.807) is 18.5 Å². The van der Waals surface area contributed by atoms with Crippen molar-refractivity contribution >= 4 is 22.9 Å². The molecule has 7 heteroatoms. The minimum atomic E-state index is -0.261. The van der Waals surface area contributed by atoms with E-state index in [4.69, 9.17) is 5.73 Å². The number of rotatable bonds is 5. The quantitative estimate of drug-likeness (QED) is 0.579. The zero-order valence-electron chi connectivity index (χ0n) is 13.9. The lowest BCUT2D eigenvalue weighted by molar-refractivity contribution is 0.626. The first-order valence-electron chi connectivity index (χ1n) is 8.19. The summed E-state index contributed by atoms with van der Waals surface area (Å²) < 4.78 is 15.0. The normalized spacial score (nSPS) is 11.0. The molecular weight excluding hydrogens is 331 g/mol. The number of imidazole rings is 1. The van der Waals surface area contributed by atoms with Crippen LogP contribution >= 0.6 is 0 Å². The van der Waals surface area contributed by atoms with Gasteiger partial charge in [0.2, 0.25) is 5.95 Å². The van der Waals surface area contributed by atoms with Crippen molar-refractivity contribution in [3.05, 3.63) is 77.9 Å². The number of hydrogen-bond acceptors (Lipinski definition) is 5. The summed E-state index contributed by atoms with van der Waals surface area (Å²) in [5.41, 5.74) is 9.29. The van der Waals surface area contributed by atoms with Crippen LogP contribution in [0.4, 0.5) is 16.2 Å². The molecule has 0 bridgehead atoms. The maximum Gasteiger partial charge on any atom is 0.227 e. The van der Waals surface area contributed by atoms with E-state index in [1.807, 2.05) is 34.9 Å². The van der Waals surface area contributed by atoms with Crippen LogP contribution in [-0.4, -0.2) is 19.5 Å². The second-order valence-corrected chi connectivity index (χ2v) is 5.94. The van der Waals surface area contributed by atoms with E-state index >= 15 is 0 Å². The van der Waals surface area contributed by atoms with Crippen LogP contribution in [0.5, 0.6) is 0 Å². The minimum Gasteiger partial charge on any atom is -0.382 e. The van der Waals surface area contributed by atoms with Crippen molar-refractivity contribution in [3.63, 3.8) is 0 Å². The molecule has 0 amide bonds. The fourth-order valence-electron chi connectivity index (χ4n) is 2.72. The summed E-state index contributed by atoms with van der Waals surface area (Å²) in [5, 5.41) is 3.19. The van der Waals surface area contributed by atoms with Crippen molar-refractivity contribution in [1.82, 2.24) is 19.5 Å². The molecule has 6 nitrogen and oxygen atoms in total. The fraction of sp³-hybridized carbons (Fsp3) is 0.105. The molecule has 0 radical (unpaired) electrons. The zero-order valence-corrected chi connectivity index (χ0v) is 13.9. The molecule has 0 spiro atoms. The molecule has 0 unspecified atom stereocenters. The number of aromatic nitrogens is 4. The molecule has 0 fully saturated rings. The van der Waals surface area contributed by atoms with E-state index < -0.39 is 0 Å². The molecule has 0 aliphatic rings. The van der Waals surface area contributed by atoms with Crippen molar-refractivity contribution in [2.75, 3.05) is 11.1 Å². The third kappa shape index (κ3) is 3.32. The number of hydrogen-bond donors (Lipinski definition) is 2. The lowest BCUT2D eigenvalue weighted by atomic mass is 10.2. The first-order chi connectivity index (χ1) is 12.7. The second kappa shape index (κ2) is 6.79. The van der Waals surface area contributed by atoms with Crippen LogP contribution in [0, 0.1) is 5.82 Å². The van der Waals surface area contributed by atoms with Gasteiger partial charge >= 0.3 is 0 Å². The zero-order chi connectivity index (χ0) is 17.9. The molecular formula is C19H17FN6. The molecule has 26 heavy (non-hydrogen) atoms. The maximum absolute atomic E-state index is 13.1. The van der Waals surface area contributed by atoms with Gasteiger partial charge < -0.3 is 15.6 Å². The first-order valence-corrected chi connectivity index (χ1v) is 8.19. The van der Waals surface area contributed by atoms with Crippen LogP contribution < -0.4 is 11.1 Å². The number of benzene rings is 2. The van der Waals surface area contributed by atoms with Gasteiger partial charge in [0.25, 0.3) is 0 Å². The van der Waals surface area contributed by atoms with Gasteiger partial charge in [-0.1, -0.05) is 42.5 Å². The Hall–Kier alpha value is -3.48. The Labute approximate surface area is 149 Å². The SMILES string of the molecule is Nc1nc(NCc2ccccc2)nc2c1ncn2Cc1ccc(F)cc1. The summed E-state index contributed by atoms with van der Waals surface area (Å²) in [6.45, 7) is 1.11. The third-order valence-electron chi connectivity index (χ3n) is 4.05. The molecule has 0 saturated heterocycles. The number of anilines is 2. The van der Waals surface area contributed by atoms with E-state index in [-0.39, 0.29) is 5.82 Å². The van der Waals surface area contributed by atoms with Gasteiger partial charge in [-0.3, -0.25) is 0 Å². The van der Waals surface area contributed by atoms with Crippen molar-refractivity contribution in [3.8, 4) is 0 Å². The molecule has 4 rings (SSSR count). The van der Waals surface area contributed by atoms with Crippen LogP contribution in [0.1, 0.15) is 11.1 Å². The Bertz CT molecular complexity index is 1030. The maximum atomic E-state index is 13.1. The summed E-state index contributed by atoms with van der Waals surface area (Å²) in [7, 11) is 0. The average Bonchev–Trinajstić information content (AvgIpc) is 3.06. The Morgan fingerprint density at radius 1 is 0.962 bits per heavy atom. The molecule has 2 aromatic carbocycles. The molecule has 0 aliphatic heterocycles. The number of nitrogens with two attached hydrogens (primary N) is 1. The van der Waals surface area contributed by atoms with Gasteiger partial charge in [-0.05, 0) is 23.3 Å². The summed E-state index contributed by atoms with van der Waals surface area (Å²) in [5.74, 6) is 0.506. The smallest absolute Gasteiger partial charge is 0.227 e. The molecule has 130 valence electrons. The van der Waals surface area contributed by atoms with Gasteiger partial charge in [-0.15, -0.1) is 0 Å². The van der Waals surface area contributed by atoms with E-state index in [0.29, 0.717) is 36.0 Å². The van der Waals surface area contributed by atoms with Gasteiger partial charge in [0.1, 0.15) is 11.3 Å². The van der Waals surface area contributed by atoms with Gasteiger partial charge in [0, 0.05) is 6.54 Å². The van der Waals surface area contributed by atoms with E-state index in [2.05, 4.69) is 20.3 Å². The number of halogens is 1. The van der Waals surface area contributed by atoms with Crippen LogP contribution in [0.15, 0.2) is 60.9 Å². The van der Waals surface area contributed by atoms with Crippen molar-refractivity contribution in [2.45, 2.75) is 13.1 Å². The number of nitrogens with zero attached hydrogens (tertiary/aromatic N) is 4. The largest absolute Gasteiger partial charge is 0.382 e. The molecule has 2 heterocycles. The molecule has 0 atom stereocenters. The predicted octanol–water partition coefficient (Wildman–Crippen LogP) is 3.21. The lowest BCUT2D eigenvalue weighted by Crippen LogP contribution is -2.07. The van der Waals surface area contributed by atoms with Crippen molar-refractivity contribution in [1.29, 1.82) is 0 Å².